The average Bonchev–Trinajstić information content (AvgIpc) is 3.28. The van der Waals surface area contributed by atoms with Gasteiger partial charge in [-0.2, -0.15) is 13.2 Å². The fraction of sp³-hybridized carbons (Fsp3) is 0.300. The average molecular weight is 538 g/mol. The van der Waals surface area contributed by atoms with Crippen molar-refractivity contribution in [3.63, 3.8) is 0 Å². The summed E-state index contributed by atoms with van der Waals surface area (Å²) in [5.41, 5.74) is -0.254. The highest BCUT2D eigenvalue weighted by Crippen LogP contribution is 2.32. The highest BCUT2D eigenvalue weighted by atomic mass is 19.4. The van der Waals surface area contributed by atoms with Crippen LogP contribution in [-0.2, 0) is 15.7 Å². The van der Waals surface area contributed by atoms with Gasteiger partial charge in [-0.1, -0.05) is 61.4 Å². The molecule has 6 nitrogen and oxygen atoms in total. The third-order valence-corrected chi connectivity index (χ3v) is 6.55. The Morgan fingerprint density at radius 3 is 2.33 bits per heavy atom. The van der Waals surface area contributed by atoms with Crippen molar-refractivity contribution in [1.82, 2.24) is 9.80 Å². The number of fused-ring (bicyclic) bond motifs is 1. The summed E-state index contributed by atoms with van der Waals surface area (Å²) in [5, 5.41) is 1.99. The number of ether oxygens (including phenoxy) is 1. The number of nitrogens with zero attached hydrogens (tertiary/aromatic N) is 3. The Morgan fingerprint density at radius 1 is 0.897 bits per heavy atom. The molecule has 0 N–H and O–H groups in total. The Kier molecular flexibility index (Phi) is 8.69. The molecule has 1 heterocycles. The molecule has 1 aliphatic rings. The first-order valence-corrected chi connectivity index (χ1v) is 12.8. The molecule has 0 spiro atoms. The number of cyclic esters (lactones) is 1. The van der Waals surface area contributed by atoms with Gasteiger partial charge in [0.1, 0.15) is 0 Å². The first-order chi connectivity index (χ1) is 18.6. The molecular weight excluding hydrogens is 507 g/mol. The molecule has 1 amide bonds. The second-order valence-corrected chi connectivity index (χ2v) is 9.51. The summed E-state index contributed by atoms with van der Waals surface area (Å²) in [5.74, 6) is -0.848. The van der Waals surface area contributed by atoms with Crippen molar-refractivity contribution >= 4 is 28.5 Å². The lowest BCUT2D eigenvalue weighted by molar-refractivity contribution is -0.138. The smallest absolute Gasteiger partial charge is 0.402 e. The van der Waals surface area contributed by atoms with Crippen LogP contribution in [0.5, 0.6) is 0 Å². The molecule has 0 aliphatic carbocycles. The molecule has 0 saturated carbocycles. The van der Waals surface area contributed by atoms with Crippen LogP contribution in [0.4, 0.5) is 13.2 Å². The number of halogens is 3. The van der Waals surface area contributed by atoms with E-state index in [0.29, 0.717) is 19.5 Å². The number of esters is 1. The van der Waals surface area contributed by atoms with Gasteiger partial charge in [0, 0.05) is 38.9 Å². The molecule has 9 heteroatoms. The van der Waals surface area contributed by atoms with E-state index in [1.54, 1.807) is 6.20 Å². The van der Waals surface area contributed by atoms with Gasteiger partial charge in [0.2, 0.25) is 5.90 Å². The van der Waals surface area contributed by atoms with Crippen LogP contribution >= 0.6 is 0 Å². The van der Waals surface area contributed by atoms with E-state index < -0.39 is 23.6 Å². The van der Waals surface area contributed by atoms with Gasteiger partial charge in [0.05, 0.1) is 11.1 Å². The van der Waals surface area contributed by atoms with E-state index in [1.165, 1.54) is 30.1 Å². The molecule has 0 radical (unpaired) electrons. The van der Waals surface area contributed by atoms with Gasteiger partial charge in [-0.15, -0.1) is 0 Å². The molecule has 4 rings (SSSR count). The summed E-state index contributed by atoms with van der Waals surface area (Å²) in [6.07, 6.45) is 0.283. The number of carbonyl (C=O) groups excluding carboxylic acids is 2. The minimum atomic E-state index is -4.58. The third-order valence-electron chi connectivity index (χ3n) is 6.55. The molecule has 0 fully saturated rings. The van der Waals surface area contributed by atoms with Crippen molar-refractivity contribution < 1.29 is 27.5 Å². The summed E-state index contributed by atoms with van der Waals surface area (Å²) < 4.78 is 45.1. The fourth-order valence-electron chi connectivity index (χ4n) is 4.49. The largest absolute Gasteiger partial charge is 0.417 e. The van der Waals surface area contributed by atoms with Gasteiger partial charge in [0.15, 0.2) is 5.70 Å². The number of rotatable bonds is 10. The molecule has 0 atom stereocenters. The van der Waals surface area contributed by atoms with Crippen LogP contribution in [0.1, 0.15) is 47.2 Å². The van der Waals surface area contributed by atoms with E-state index in [-0.39, 0.29) is 17.2 Å². The molecular formula is C30H30F3N3O3. The molecule has 3 aromatic rings. The van der Waals surface area contributed by atoms with Crippen molar-refractivity contribution in [2.75, 3.05) is 27.2 Å². The van der Waals surface area contributed by atoms with Crippen molar-refractivity contribution in [3.05, 3.63) is 95.3 Å². The molecule has 0 aromatic heterocycles. The summed E-state index contributed by atoms with van der Waals surface area (Å²) >= 11 is 0. The number of benzene rings is 3. The van der Waals surface area contributed by atoms with Crippen LogP contribution in [-0.4, -0.2) is 54.8 Å². The third kappa shape index (κ3) is 6.85. The predicted molar refractivity (Wildman–Crippen MR) is 144 cm³/mol. The quantitative estimate of drug-likeness (QED) is 0.174. The van der Waals surface area contributed by atoms with Crippen molar-refractivity contribution in [2.24, 2.45) is 4.99 Å². The maximum Gasteiger partial charge on any atom is 0.417 e. The number of carbonyl (C=O) groups is 2. The Bertz CT molecular complexity index is 1410. The van der Waals surface area contributed by atoms with E-state index in [9.17, 15) is 22.8 Å². The zero-order valence-electron chi connectivity index (χ0n) is 21.9. The van der Waals surface area contributed by atoms with E-state index in [4.69, 9.17) is 4.74 Å². The summed E-state index contributed by atoms with van der Waals surface area (Å²) in [6, 6.07) is 18.4. The molecule has 1 aliphatic heterocycles. The SMILES string of the molecule is CN(/C=C1/N=C(c2cccc3ccccc23)OC1=O)CCCCCCN(C)C(=O)c1ccccc1C(F)(F)F. The Hall–Kier alpha value is -4.14. The van der Waals surface area contributed by atoms with E-state index in [1.807, 2.05) is 54.4 Å². The number of unbranched alkanes of at least 4 members (excludes halogenated alkanes) is 3. The van der Waals surface area contributed by atoms with Crippen LogP contribution in [0.2, 0.25) is 0 Å². The molecule has 0 saturated heterocycles. The number of hydrogen-bond donors (Lipinski definition) is 0. The molecule has 0 unspecified atom stereocenters. The number of amides is 1. The van der Waals surface area contributed by atoms with Gasteiger partial charge in [-0.05, 0) is 41.8 Å². The van der Waals surface area contributed by atoms with E-state index in [0.717, 1.165) is 41.7 Å². The van der Waals surface area contributed by atoms with Gasteiger partial charge >= 0.3 is 12.1 Å². The lowest BCUT2D eigenvalue weighted by Gasteiger charge is -2.20. The summed E-state index contributed by atoms with van der Waals surface area (Å²) in [7, 11) is 3.37. The Morgan fingerprint density at radius 2 is 1.56 bits per heavy atom. The van der Waals surface area contributed by atoms with Crippen LogP contribution in [0.3, 0.4) is 0 Å². The summed E-state index contributed by atoms with van der Waals surface area (Å²) in [4.78, 5) is 32.6. The van der Waals surface area contributed by atoms with Gasteiger partial charge < -0.3 is 14.5 Å². The molecule has 204 valence electrons. The van der Waals surface area contributed by atoms with Gasteiger partial charge in [0.25, 0.3) is 5.91 Å². The number of aliphatic imine (C=N–C) groups is 1. The van der Waals surface area contributed by atoms with Crippen molar-refractivity contribution in [1.29, 1.82) is 0 Å². The van der Waals surface area contributed by atoms with E-state index in [2.05, 4.69) is 4.99 Å². The highest BCUT2D eigenvalue weighted by molar-refractivity contribution is 6.16. The minimum absolute atomic E-state index is 0.236. The lowest BCUT2D eigenvalue weighted by atomic mass is 10.0. The Labute approximate surface area is 225 Å². The summed E-state index contributed by atoms with van der Waals surface area (Å²) in [6.45, 7) is 1.05. The highest BCUT2D eigenvalue weighted by Gasteiger charge is 2.35. The number of alkyl halides is 3. The predicted octanol–water partition coefficient (Wildman–Crippen LogP) is 6.27. The van der Waals surface area contributed by atoms with Crippen molar-refractivity contribution in [3.8, 4) is 0 Å². The van der Waals surface area contributed by atoms with Crippen molar-refractivity contribution in [2.45, 2.75) is 31.9 Å². The van der Waals surface area contributed by atoms with Gasteiger partial charge in [-0.3, -0.25) is 4.79 Å². The second-order valence-electron chi connectivity index (χ2n) is 9.51. The minimum Gasteiger partial charge on any atom is -0.402 e. The Balaban J connectivity index is 1.23. The zero-order chi connectivity index (χ0) is 28.0. The maximum atomic E-state index is 13.2. The molecule has 3 aromatic carbocycles. The number of hydrogen-bond acceptors (Lipinski definition) is 5. The first-order valence-electron chi connectivity index (χ1n) is 12.8. The van der Waals surface area contributed by atoms with E-state index >= 15 is 0 Å². The lowest BCUT2D eigenvalue weighted by Crippen LogP contribution is -2.29. The molecule has 0 bridgehead atoms. The standard InChI is InChI=1S/C30H30F3N3O3/c1-35(20-26-29(38)39-27(34-26)23-16-11-13-21-12-5-6-14-22(21)23)18-9-3-4-10-19-36(2)28(37)24-15-7-8-17-25(24)30(31,32)33/h5-8,11-17,20H,3-4,9-10,18-19H2,1-2H3/b26-20+. The van der Waals surface area contributed by atoms with Crippen LogP contribution in [0.15, 0.2) is 83.6 Å². The van der Waals surface area contributed by atoms with Gasteiger partial charge in [-0.25, -0.2) is 9.79 Å². The zero-order valence-corrected chi connectivity index (χ0v) is 21.9. The van der Waals surface area contributed by atoms with Crippen LogP contribution in [0.25, 0.3) is 10.8 Å². The fourth-order valence-corrected chi connectivity index (χ4v) is 4.49. The van der Waals surface area contributed by atoms with Crippen LogP contribution in [0, 0.1) is 0 Å². The topological polar surface area (TPSA) is 62.2 Å². The normalized spacial score (nSPS) is 14.4. The first kappa shape index (κ1) is 27.9. The maximum absolute atomic E-state index is 13.2. The second kappa shape index (κ2) is 12.1. The molecule has 39 heavy (non-hydrogen) atoms. The van der Waals surface area contributed by atoms with Crippen LogP contribution < -0.4 is 0 Å². The monoisotopic (exact) mass is 537 g/mol.